The molecule has 2 rings (SSSR count). The standard InChI is InChI=1S/C12H9BrClNO2/c1-16-8-2-4-9(5-3-8)17-12-10(13)6-7-11(14)15-12/h2-7H,1H3. The van der Waals surface area contributed by atoms with Gasteiger partial charge < -0.3 is 9.47 Å². The SMILES string of the molecule is COc1ccc(Oc2nc(Cl)ccc2Br)cc1. The molecule has 0 aliphatic rings. The highest BCUT2D eigenvalue weighted by atomic mass is 79.9. The van der Waals surface area contributed by atoms with Crippen LogP contribution >= 0.6 is 27.5 Å². The molecule has 88 valence electrons. The Morgan fingerprint density at radius 1 is 1.06 bits per heavy atom. The Bertz CT molecular complexity index is 516. The predicted octanol–water partition coefficient (Wildman–Crippen LogP) is 4.30. The van der Waals surface area contributed by atoms with Crippen molar-refractivity contribution >= 4 is 27.5 Å². The van der Waals surface area contributed by atoms with Gasteiger partial charge in [-0.2, -0.15) is 0 Å². The maximum Gasteiger partial charge on any atom is 0.235 e. The van der Waals surface area contributed by atoms with Crippen LogP contribution in [0.2, 0.25) is 5.15 Å². The average molecular weight is 315 g/mol. The van der Waals surface area contributed by atoms with Crippen LogP contribution in [-0.2, 0) is 0 Å². The van der Waals surface area contributed by atoms with Crippen LogP contribution in [-0.4, -0.2) is 12.1 Å². The molecule has 0 saturated carbocycles. The first-order valence-corrected chi connectivity index (χ1v) is 6.00. The maximum absolute atomic E-state index is 5.80. The van der Waals surface area contributed by atoms with Crippen LogP contribution in [0.15, 0.2) is 40.9 Å². The topological polar surface area (TPSA) is 31.4 Å². The predicted molar refractivity (Wildman–Crippen MR) is 70.0 cm³/mol. The summed E-state index contributed by atoms with van der Waals surface area (Å²) < 4.78 is 11.4. The van der Waals surface area contributed by atoms with Gasteiger partial charge in [-0.05, 0) is 52.3 Å². The van der Waals surface area contributed by atoms with Crippen LogP contribution in [0.3, 0.4) is 0 Å². The van der Waals surface area contributed by atoms with Gasteiger partial charge in [-0.25, -0.2) is 4.98 Å². The zero-order chi connectivity index (χ0) is 12.3. The van der Waals surface area contributed by atoms with Gasteiger partial charge in [0.1, 0.15) is 16.7 Å². The molecular formula is C12H9BrClNO2. The minimum Gasteiger partial charge on any atom is -0.497 e. The van der Waals surface area contributed by atoms with Gasteiger partial charge in [-0.1, -0.05) is 11.6 Å². The van der Waals surface area contributed by atoms with Crippen molar-refractivity contribution in [3.05, 3.63) is 46.0 Å². The summed E-state index contributed by atoms with van der Waals surface area (Å²) in [6, 6.07) is 10.7. The molecule has 0 bridgehead atoms. The molecule has 0 unspecified atom stereocenters. The third-order valence-corrected chi connectivity index (χ3v) is 2.87. The second-order valence-corrected chi connectivity index (χ2v) is 4.44. The van der Waals surface area contributed by atoms with Crippen molar-refractivity contribution in [1.29, 1.82) is 0 Å². The van der Waals surface area contributed by atoms with E-state index >= 15 is 0 Å². The van der Waals surface area contributed by atoms with Crippen LogP contribution in [0.4, 0.5) is 0 Å². The minimum atomic E-state index is 0.386. The van der Waals surface area contributed by atoms with Gasteiger partial charge in [0.25, 0.3) is 0 Å². The van der Waals surface area contributed by atoms with Gasteiger partial charge in [0, 0.05) is 0 Å². The summed E-state index contributed by atoms with van der Waals surface area (Å²) in [5.41, 5.74) is 0. The Kier molecular flexibility index (Phi) is 3.86. The Balaban J connectivity index is 2.22. The van der Waals surface area contributed by atoms with Gasteiger partial charge >= 0.3 is 0 Å². The van der Waals surface area contributed by atoms with Gasteiger partial charge in [-0.15, -0.1) is 0 Å². The van der Waals surface area contributed by atoms with E-state index in [0.717, 1.165) is 10.2 Å². The normalized spacial score (nSPS) is 10.1. The summed E-state index contributed by atoms with van der Waals surface area (Å²) >= 11 is 9.14. The van der Waals surface area contributed by atoms with Gasteiger partial charge in [0.2, 0.25) is 5.88 Å². The quantitative estimate of drug-likeness (QED) is 0.792. The summed E-state index contributed by atoms with van der Waals surface area (Å²) in [5.74, 6) is 1.87. The number of halogens is 2. The van der Waals surface area contributed by atoms with Gasteiger partial charge in [0.05, 0.1) is 11.6 Å². The molecule has 0 saturated heterocycles. The highest BCUT2D eigenvalue weighted by Gasteiger charge is 2.05. The maximum atomic E-state index is 5.80. The lowest BCUT2D eigenvalue weighted by atomic mass is 10.3. The van der Waals surface area contributed by atoms with E-state index in [1.54, 1.807) is 31.4 Å². The Morgan fingerprint density at radius 2 is 1.71 bits per heavy atom. The molecule has 0 spiro atoms. The van der Waals surface area contributed by atoms with E-state index in [4.69, 9.17) is 21.1 Å². The van der Waals surface area contributed by atoms with Crippen LogP contribution < -0.4 is 9.47 Å². The van der Waals surface area contributed by atoms with E-state index in [-0.39, 0.29) is 0 Å². The van der Waals surface area contributed by atoms with Crippen LogP contribution in [0.5, 0.6) is 17.4 Å². The number of benzene rings is 1. The lowest BCUT2D eigenvalue weighted by Crippen LogP contribution is -1.90. The van der Waals surface area contributed by atoms with Gasteiger partial charge in [0.15, 0.2) is 0 Å². The first-order chi connectivity index (χ1) is 8.19. The highest BCUT2D eigenvalue weighted by molar-refractivity contribution is 9.10. The van der Waals surface area contributed by atoms with Crippen molar-refractivity contribution in [2.75, 3.05) is 7.11 Å². The summed E-state index contributed by atoms with van der Waals surface area (Å²) in [4.78, 5) is 4.08. The van der Waals surface area contributed by atoms with E-state index in [0.29, 0.717) is 16.8 Å². The number of ether oxygens (including phenoxy) is 2. The van der Waals surface area contributed by atoms with Crippen molar-refractivity contribution in [3.63, 3.8) is 0 Å². The first-order valence-electron chi connectivity index (χ1n) is 4.83. The van der Waals surface area contributed by atoms with Crippen molar-refractivity contribution < 1.29 is 9.47 Å². The molecule has 3 nitrogen and oxygen atoms in total. The lowest BCUT2D eigenvalue weighted by molar-refractivity contribution is 0.412. The number of methoxy groups -OCH3 is 1. The molecule has 17 heavy (non-hydrogen) atoms. The fourth-order valence-electron chi connectivity index (χ4n) is 1.23. The Morgan fingerprint density at radius 3 is 2.35 bits per heavy atom. The van der Waals surface area contributed by atoms with E-state index in [1.165, 1.54) is 0 Å². The van der Waals surface area contributed by atoms with Gasteiger partial charge in [-0.3, -0.25) is 0 Å². The highest BCUT2D eigenvalue weighted by Crippen LogP contribution is 2.29. The molecule has 0 aliphatic carbocycles. The van der Waals surface area contributed by atoms with Crippen molar-refractivity contribution in [3.8, 4) is 17.4 Å². The summed E-state index contributed by atoms with van der Waals surface area (Å²) in [5, 5.41) is 0.386. The number of hydrogen-bond donors (Lipinski definition) is 0. The zero-order valence-corrected chi connectivity index (χ0v) is 11.3. The third kappa shape index (κ3) is 3.11. The zero-order valence-electron chi connectivity index (χ0n) is 8.98. The second kappa shape index (κ2) is 5.38. The number of rotatable bonds is 3. The largest absolute Gasteiger partial charge is 0.497 e. The third-order valence-electron chi connectivity index (χ3n) is 2.05. The number of aromatic nitrogens is 1. The molecule has 0 radical (unpaired) electrons. The van der Waals surface area contributed by atoms with Crippen molar-refractivity contribution in [2.24, 2.45) is 0 Å². The van der Waals surface area contributed by atoms with Crippen LogP contribution in [0.1, 0.15) is 0 Å². The van der Waals surface area contributed by atoms with Crippen LogP contribution in [0.25, 0.3) is 0 Å². The monoisotopic (exact) mass is 313 g/mol. The van der Waals surface area contributed by atoms with Crippen molar-refractivity contribution in [1.82, 2.24) is 4.98 Å². The molecule has 2 aromatic rings. The molecule has 0 atom stereocenters. The van der Waals surface area contributed by atoms with E-state index in [2.05, 4.69) is 20.9 Å². The molecule has 1 aromatic heterocycles. The second-order valence-electron chi connectivity index (χ2n) is 3.20. The lowest BCUT2D eigenvalue weighted by Gasteiger charge is -2.07. The molecular weight excluding hydrogens is 305 g/mol. The first kappa shape index (κ1) is 12.2. The number of hydrogen-bond acceptors (Lipinski definition) is 3. The molecule has 0 fully saturated rings. The summed E-state index contributed by atoms with van der Waals surface area (Å²) in [7, 11) is 1.62. The van der Waals surface area contributed by atoms with E-state index < -0.39 is 0 Å². The minimum absolute atomic E-state index is 0.386. The fraction of sp³-hybridized carbons (Fsp3) is 0.0833. The molecule has 0 N–H and O–H groups in total. The van der Waals surface area contributed by atoms with E-state index in [9.17, 15) is 0 Å². The van der Waals surface area contributed by atoms with Crippen LogP contribution in [0, 0.1) is 0 Å². The molecule has 0 aliphatic heterocycles. The molecule has 1 aromatic carbocycles. The average Bonchev–Trinajstić information content (AvgIpc) is 2.35. The summed E-state index contributed by atoms with van der Waals surface area (Å²) in [6.45, 7) is 0. The fourth-order valence-corrected chi connectivity index (χ4v) is 1.67. The summed E-state index contributed by atoms with van der Waals surface area (Å²) in [6.07, 6.45) is 0. The molecule has 5 heteroatoms. The molecule has 0 amide bonds. The Labute approximate surface area is 112 Å². The number of pyridine rings is 1. The Hall–Kier alpha value is -1.26. The smallest absolute Gasteiger partial charge is 0.235 e. The van der Waals surface area contributed by atoms with Crippen molar-refractivity contribution in [2.45, 2.75) is 0 Å². The number of nitrogens with zero attached hydrogens (tertiary/aromatic N) is 1. The molecule has 1 heterocycles. The van der Waals surface area contributed by atoms with E-state index in [1.807, 2.05) is 12.1 Å².